The summed E-state index contributed by atoms with van der Waals surface area (Å²) in [7, 11) is 3.96. The Morgan fingerprint density at radius 2 is 2.28 bits per heavy atom. The van der Waals surface area contributed by atoms with E-state index in [1.807, 2.05) is 6.07 Å². The summed E-state index contributed by atoms with van der Waals surface area (Å²) >= 11 is 2.11. The maximum Gasteiger partial charge on any atom is 0.119 e. The average Bonchev–Trinajstić information content (AvgIpc) is 2.37. The van der Waals surface area contributed by atoms with E-state index in [0.717, 1.165) is 18.7 Å². The normalized spacial score (nSPS) is 29.2. The Balaban J connectivity index is 2.35. The molecule has 100 valence electrons. The molecule has 3 heteroatoms. The molecular formula is C15H23NOS. The van der Waals surface area contributed by atoms with Gasteiger partial charge in [0, 0.05) is 18.3 Å². The van der Waals surface area contributed by atoms with E-state index in [0.29, 0.717) is 5.25 Å². The molecule has 0 radical (unpaired) electrons. The van der Waals surface area contributed by atoms with Gasteiger partial charge < -0.3 is 9.64 Å². The molecule has 0 aromatic heterocycles. The van der Waals surface area contributed by atoms with Gasteiger partial charge in [-0.1, -0.05) is 26.0 Å². The summed E-state index contributed by atoms with van der Waals surface area (Å²) in [5, 5.41) is 0.676. The zero-order valence-electron chi connectivity index (χ0n) is 11.8. The molecule has 1 heterocycles. The molecule has 0 unspecified atom stereocenters. The van der Waals surface area contributed by atoms with E-state index in [9.17, 15) is 0 Å². The first-order valence-corrected chi connectivity index (χ1v) is 7.48. The first kappa shape index (κ1) is 13.8. The van der Waals surface area contributed by atoms with Crippen LogP contribution < -0.4 is 4.74 Å². The number of ether oxygens (including phenoxy) is 1. The van der Waals surface area contributed by atoms with Crippen LogP contribution in [-0.4, -0.2) is 37.4 Å². The van der Waals surface area contributed by atoms with E-state index in [1.165, 1.54) is 12.1 Å². The fourth-order valence-electron chi connectivity index (χ4n) is 2.86. The van der Waals surface area contributed by atoms with Crippen molar-refractivity contribution in [1.82, 2.24) is 4.90 Å². The Hall–Kier alpha value is -0.670. The highest BCUT2D eigenvalue weighted by Crippen LogP contribution is 2.46. The lowest BCUT2D eigenvalue weighted by Gasteiger charge is -2.44. The van der Waals surface area contributed by atoms with Crippen molar-refractivity contribution in [2.75, 3.05) is 27.2 Å². The van der Waals surface area contributed by atoms with Crippen molar-refractivity contribution in [1.29, 1.82) is 0 Å². The lowest BCUT2D eigenvalue weighted by Crippen LogP contribution is -2.45. The summed E-state index contributed by atoms with van der Waals surface area (Å²) in [5.74, 6) is 0.960. The SMILES string of the molecule is CC[C@@]1(c2cccc(OC)c2)CN(C)C[C@@H](C)S1. The molecule has 2 rings (SSSR count). The molecule has 0 N–H and O–H groups in total. The van der Waals surface area contributed by atoms with Gasteiger partial charge in [0.05, 0.1) is 11.9 Å². The Bertz CT molecular complexity index is 397. The molecular weight excluding hydrogens is 242 g/mol. The average molecular weight is 265 g/mol. The first-order chi connectivity index (χ1) is 8.59. The molecule has 18 heavy (non-hydrogen) atoms. The van der Waals surface area contributed by atoms with Crippen LogP contribution in [0, 0.1) is 0 Å². The number of hydrogen-bond acceptors (Lipinski definition) is 3. The largest absolute Gasteiger partial charge is 0.497 e. The predicted octanol–water partition coefficient (Wildman–Crippen LogP) is 3.37. The number of hydrogen-bond donors (Lipinski definition) is 0. The number of thioether (sulfide) groups is 1. The number of likely N-dealkylation sites (N-methyl/N-ethyl adjacent to an activating group) is 1. The van der Waals surface area contributed by atoms with Crippen molar-refractivity contribution in [2.45, 2.75) is 30.3 Å². The highest BCUT2D eigenvalue weighted by molar-refractivity contribution is 8.00. The van der Waals surface area contributed by atoms with Crippen LogP contribution >= 0.6 is 11.8 Å². The number of methoxy groups -OCH3 is 1. The predicted molar refractivity (Wildman–Crippen MR) is 79.5 cm³/mol. The van der Waals surface area contributed by atoms with Crippen LogP contribution in [0.3, 0.4) is 0 Å². The fourth-order valence-corrected chi connectivity index (χ4v) is 4.69. The highest BCUT2D eigenvalue weighted by Gasteiger charge is 2.38. The third kappa shape index (κ3) is 2.67. The molecule has 1 aliphatic rings. The van der Waals surface area contributed by atoms with Crippen LogP contribution in [-0.2, 0) is 4.75 Å². The minimum absolute atomic E-state index is 0.209. The van der Waals surface area contributed by atoms with Crippen molar-refractivity contribution in [3.63, 3.8) is 0 Å². The van der Waals surface area contributed by atoms with E-state index in [4.69, 9.17) is 4.74 Å². The molecule has 2 atom stereocenters. The first-order valence-electron chi connectivity index (χ1n) is 6.60. The van der Waals surface area contributed by atoms with E-state index < -0.39 is 0 Å². The van der Waals surface area contributed by atoms with Crippen molar-refractivity contribution in [3.05, 3.63) is 29.8 Å². The van der Waals surface area contributed by atoms with Crippen LogP contribution in [0.4, 0.5) is 0 Å². The molecule has 1 fully saturated rings. The Morgan fingerprint density at radius 3 is 2.89 bits per heavy atom. The van der Waals surface area contributed by atoms with Crippen molar-refractivity contribution >= 4 is 11.8 Å². The van der Waals surface area contributed by atoms with Crippen LogP contribution in [0.1, 0.15) is 25.8 Å². The van der Waals surface area contributed by atoms with Gasteiger partial charge in [-0.2, -0.15) is 0 Å². The standard InChI is InChI=1S/C15H23NOS/c1-5-15(11-16(3)10-12(2)18-15)13-7-6-8-14(9-13)17-4/h6-9,12H,5,10-11H2,1-4H3/t12-,15+/m1/s1. The van der Waals surface area contributed by atoms with Gasteiger partial charge in [-0.15, -0.1) is 11.8 Å². The van der Waals surface area contributed by atoms with Gasteiger partial charge in [0.15, 0.2) is 0 Å². The van der Waals surface area contributed by atoms with E-state index in [1.54, 1.807) is 7.11 Å². The Labute approximate surface area is 115 Å². The molecule has 1 aromatic carbocycles. The molecule has 0 bridgehead atoms. The summed E-state index contributed by atoms with van der Waals surface area (Å²) in [6, 6.07) is 8.56. The molecule has 0 amide bonds. The second kappa shape index (κ2) is 5.54. The summed E-state index contributed by atoms with van der Waals surface area (Å²) in [6.07, 6.45) is 1.15. The minimum Gasteiger partial charge on any atom is -0.497 e. The van der Waals surface area contributed by atoms with Gasteiger partial charge in [0.2, 0.25) is 0 Å². The van der Waals surface area contributed by atoms with Crippen LogP contribution in [0.15, 0.2) is 24.3 Å². The van der Waals surface area contributed by atoms with Gasteiger partial charge in [0.25, 0.3) is 0 Å². The van der Waals surface area contributed by atoms with Gasteiger partial charge in [-0.25, -0.2) is 0 Å². The molecule has 1 saturated heterocycles. The summed E-state index contributed by atoms with van der Waals surface area (Å²) in [4.78, 5) is 2.45. The van der Waals surface area contributed by atoms with Gasteiger partial charge >= 0.3 is 0 Å². The van der Waals surface area contributed by atoms with E-state index in [2.05, 4.69) is 55.8 Å². The molecule has 1 aromatic rings. The number of benzene rings is 1. The molecule has 0 aliphatic carbocycles. The third-order valence-electron chi connectivity index (χ3n) is 3.69. The summed E-state index contributed by atoms with van der Waals surface area (Å²) in [5.41, 5.74) is 1.40. The van der Waals surface area contributed by atoms with Gasteiger partial charge in [-0.3, -0.25) is 0 Å². The van der Waals surface area contributed by atoms with Gasteiger partial charge in [0.1, 0.15) is 5.75 Å². The second-order valence-electron chi connectivity index (χ2n) is 5.21. The number of rotatable bonds is 3. The number of nitrogens with zero attached hydrogens (tertiary/aromatic N) is 1. The van der Waals surface area contributed by atoms with Crippen LogP contribution in [0.25, 0.3) is 0 Å². The highest BCUT2D eigenvalue weighted by atomic mass is 32.2. The smallest absolute Gasteiger partial charge is 0.119 e. The Kier molecular flexibility index (Phi) is 4.23. The fraction of sp³-hybridized carbons (Fsp3) is 0.600. The lowest BCUT2D eigenvalue weighted by molar-refractivity contribution is 0.278. The summed E-state index contributed by atoms with van der Waals surface area (Å²) in [6.45, 7) is 6.91. The van der Waals surface area contributed by atoms with Gasteiger partial charge in [-0.05, 0) is 31.2 Å². The zero-order chi connectivity index (χ0) is 13.2. The molecule has 0 spiro atoms. The van der Waals surface area contributed by atoms with Crippen LogP contribution in [0.2, 0.25) is 0 Å². The van der Waals surface area contributed by atoms with Crippen LogP contribution in [0.5, 0.6) is 5.75 Å². The quantitative estimate of drug-likeness (QED) is 0.831. The van der Waals surface area contributed by atoms with Crippen molar-refractivity contribution in [3.8, 4) is 5.75 Å². The monoisotopic (exact) mass is 265 g/mol. The van der Waals surface area contributed by atoms with E-state index in [-0.39, 0.29) is 4.75 Å². The maximum atomic E-state index is 5.37. The molecule has 1 aliphatic heterocycles. The maximum absolute atomic E-state index is 5.37. The summed E-state index contributed by atoms with van der Waals surface area (Å²) < 4.78 is 5.58. The van der Waals surface area contributed by atoms with Crippen molar-refractivity contribution in [2.24, 2.45) is 0 Å². The molecule has 0 saturated carbocycles. The minimum atomic E-state index is 0.209. The lowest BCUT2D eigenvalue weighted by atomic mass is 9.94. The molecule has 2 nitrogen and oxygen atoms in total. The zero-order valence-corrected chi connectivity index (χ0v) is 12.6. The Morgan fingerprint density at radius 1 is 1.50 bits per heavy atom. The van der Waals surface area contributed by atoms with E-state index >= 15 is 0 Å². The van der Waals surface area contributed by atoms with Crippen molar-refractivity contribution < 1.29 is 4.74 Å². The third-order valence-corrected chi connectivity index (χ3v) is 5.34. The second-order valence-corrected chi connectivity index (χ2v) is 7.03. The topological polar surface area (TPSA) is 12.5 Å².